The summed E-state index contributed by atoms with van der Waals surface area (Å²) in [7, 11) is -1.30. The summed E-state index contributed by atoms with van der Waals surface area (Å²) in [6.07, 6.45) is 0. The van der Waals surface area contributed by atoms with Crippen LogP contribution in [0, 0.1) is 6.92 Å². The Labute approximate surface area is 130 Å². The highest BCUT2D eigenvalue weighted by Crippen LogP contribution is 2.23. The minimum absolute atomic E-state index is 0.170. The molecule has 1 unspecified atom stereocenters. The van der Waals surface area contributed by atoms with Crippen molar-refractivity contribution in [3.05, 3.63) is 46.2 Å². The van der Waals surface area contributed by atoms with Crippen molar-refractivity contribution in [3.63, 3.8) is 0 Å². The second kappa shape index (κ2) is 6.41. The number of carboxylic acids is 1. The molecule has 0 aliphatic carbocycles. The van der Waals surface area contributed by atoms with Gasteiger partial charge in [0.2, 0.25) is 0 Å². The van der Waals surface area contributed by atoms with E-state index in [0.717, 1.165) is 5.69 Å². The average molecular weight is 327 g/mol. The summed E-state index contributed by atoms with van der Waals surface area (Å²) < 4.78 is 14.1. The second-order valence-electron chi connectivity index (χ2n) is 4.48. The van der Waals surface area contributed by atoms with Gasteiger partial charge in [-0.25, -0.2) is 4.79 Å². The molecule has 1 heterocycles. The van der Waals surface area contributed by atoms with Crippen LogP contribution in [0.25, 0.3) is 0 Å². The van der Waals surface area contributed by atoms with Gasteiger partial charge in [-0.05, 0) is 38.1 Å². The summed E-state index contributed by atoms with van der Waals surface area (Å²) in [5, 5.41) is 13.7. The number of halogens is 1. The maximum absolute atomic E-state index is 12.4. The number of rotatable bonds is 5. The van der Waals surface area contributed by atoms with Crippen molar-refractivity contribution in [3.8, 4) is 0 Å². The molecule has 0 amide bonds. The molecular formula is C14H15ClN2O3S. The number of hydrogen-bond donors (Lipinski definition) is 1. The lowest BCUT2D eigenvalue weighted by atomic mass is 10.2. The first kappa shape index (κ1) is 15.7. The fraction of sp³-hybridized carbons (Fsp3) is 0.286. The first-order valence-electron chi connectivity index (χ1n) is 6.37. The number of carboxylic acid groups (broad SMARTS) is 1. The Morgan fingerprint density at radius 1 is 1.38 bits per heavy atom. The summed E-state index contributed by atoms with van der Waals surface area (Å²) >= 11 is 6.20. The SMILES string of the molecule is CCn1nc(C)c(Cl)c1CS(=O)c1ccc(C(=O)O)cc1. The van der Waals surface area contributed by atoms with Crippen LogP contribution >= 0.6 is 11.6 Å². The molecule has 7 heteroatoms. The summed E-state index contributed by atoms with van der Waals surface area (Å²) in [4.78, 5) is 11.4. The number of aryl methyl sites for hydroxylation is 2. The molecule has 0 saturated carbocycles. The molecule has 0 aliphatic heterocycles. The third kappa shape index (κ3) is 3.33. The third-order valence-electron chi connectivity index (χ3n) is 3.08. The maximum atomic E-state index is 12.4. The Kier molecular flexibility index (Phi) is 4.80. The highest BCUT2D eigenvalue weighted by atomic mass is 35.5. The minimum Gasteiger partial charge on any atom is -0.478 e. The fourth-order valence-electron chi connectivity index (χ4n) is 1.96. The molecule has 0 radical (unpaired) electrons. The lowest BCUT2D eigenvalue weighted by Crippen LogP contribution is -2.06. The van der Waals surface area contributed by atoms with Crippen molar-refractivity contribution < 1.29 is 14.1 Å². The van der Waals surface area contributed by atoms with Gasteiger partial charge in [-0.15, -0.1) is 0 Å². The highest BCUT2D eigenvalue weighted by molar-refractivity contribution is 7.84. The first-order valence-corrected chi connectivity index (χ1v) is 8.07. The monoisotopic (exact) mass is 326 g/mol. The quantitative estimate of drug-likeness (QED) is 0.917. The zero-order chi connectivity index (χ0) is 15.6. The van der Waals surface area contributed by atoms with Gasteiger partial charge in [0, 0.05) is 11.4 Å². The van der Waals surface area contributed by atoms with Crippen molar-refractivity contribution in [1.29, 1.82) is 0 Å². The lowest BCUT2D eigenvalue weighted by Gasteiger charge is -2.06. The molecule has 1 N–H and O–H groups in total. The van der Waals surface area contributed by atoms with E-state index in [1.165, 1.54) is 12.1 Å². The highest BCUT2D eigenvalue weighted by Gasteiger charge is 2.16. The lowest BCUT2D eigenvalue weighted by molar-refractivity contribution is 0.0697. The van der Waals surface area contributed by atoms with E-state index in [0.29, 0.717) is 22.2 Å². The van der Waals surface area contributed by atoms with E-state index in [9.17, 15) is 9.00 Å². The molecule has 21 heavy (non-hydrogen) atoms. The van der Waals surface area contributed by atoms with Crippen molar-refractivity contribution in [2.24, 2.45) is 0 Å². The number of aromatic nitrogens is 2. The molecular weight excluding hydrogens is 312 g/mol. The fourth-order valence-corrected chi connectivity index (χ4v) is 3.39. The van der Waals surface area contributed by atoms with Crippen LogP contribution in [0.4, 0.5) is 0 Å². The molecule has 0 saturated heterocycles. The smallest absolute Gasteiger partial charge is 0.335 e. The van der Waals surface area contributed by atoms with E-state index in [1.54, 1.807) is 16.8 Å². The molecule has 0 aliphatic rings. The van der Waals surface area contributed by atoms with E-state index < -0.39 is 16.8 Å². The molecule has 2 rings (SSSR count). The Balaban J connectivity index is 2.24. The van der Waals surface area contributed by atoms with Gasteiger partial charge in [-0.2, -0.15) is 5.10 Å². The standard InChI is InChI=1S/C14H15ClN2O3S/c1-3-17-12(13(15)9(2)16-17)8-21(20)11-6-4-10(5-7-11)14(18)19/h4-7H,3,8H2,1-2H3,(H,18,19). The molecule has 0 fully saturated rings. The largest absolute Gasteiger partial charge is 0.478 e. The normalized spacial score (nSPS) is 12.3. The predicted molar refractivity (Wildman–Crippen MR) is 81.2 cm³/mol. The van der Waals surface area contributed by atoms with Crippen molar-refractivity contribution in [2.45, 2.75) is 31.0 Å². The molecule has 1 aromatic carbocycles. The van der Waals surface area contributed by atoms with E-state index >= 15 is 0 Å². The molecule has 1 aromatic heterocycles. The van der Waals surface area contributed by atoms with Gasteiger partial charge in [0.15, 0.2) is 0 Å². The third-order valence-corrected chi connectivity index (χ3v) is 4.91. The maximum Gasteiger partial charge on any atom is 0.335 e. The molecule has 0 bridgehead atoms. The zero-order valence-corrected chi connectivity index (χ0v) is 13.2. The van der Waals surface area contributed by atoms with Crippen molar-refractivity contribution in [1.82, 2.24) is 9.78 Å². The number of hydrogen-bond acceptors (Lipinski definition) is 3. The summed E-state index contributed by atoms with van der Waals surface area (Å²) in [5.41, 5.74) is 1.62. The number of nitrogens with zero attached hydrogens (tertiary/aromatic N) is 2. The summed E-state index contributed by atoms with van der Waals surface area (Å²) in [6, 6.07) is 6.01. The van der Waals surface area contributed by atoms with Gasteiger partial charge in [0.05, 0.1) is 38.5 Å². The van der Waals surface area contributed by atoms with Crippen LogP contribution in [-0.2, 0) is 23.1 Å². The Morgan fingerprint density at radius 2 is 2.00 bits per heavy atom. The molecule has 112 valence electrons. The molecule has 1 atom stereocenters. The average Bonchev–Trinajstić information content (AvgIpc) is 2.75. The van der Waals surface area contributed by atoms with E-state index in [1.807, 2.05) is 13.8 Å². The number of aromatic carboxylic acids is 1. The Bertz CT molecular complexity index is 695. The molecule has 5 nitrogen and oxygen atoms in total. The van der Waals surface area contributed by atoms with Crippen LogP contribution in [0.3, 0.4) is 0 Å². The topological polar surface area (TPSA) is 72.2 Å². The van der Waals surface area contributed by atoms with Crippen LogP contribution in [0.5, 0.6) is 0 Å². The van der Waals surface area contributed by atoms with E-state index in [-0.39, 0.29) is 11.3 Å². The van der Waals surface area contributed by atoms with E-state index in [4.69, 9.17) is 16.7 Å². The van der Waals surface area contributed by atoms with Gasteiger partial charge >= 0.3 is 5.97 Å². The minimum atomic E-state index is -1.30. The van der Waals surface area contributed by atoms with Crippen LogP contribution < -0.4 is 0 Å². The van der Waals surface area contributed by atoms with Crippen LogP contribution in [0.2, 0.25) is 5.02 Å². The second-order valence-corrected chi connectivity index (χ2v) is 6.31. The first-order chi connectivity index (χ1) is 9.93. The zero-order valence-electron chi connectivity index (χ0n) is 11.7. The van der Waals surface area contributed by atoms with Gasteiger partial charge in [0.25, 0.3) is 0 Å². The van der Waals surface area contributed by atoms with E-state index in [2.05, 4.69) is 5.10 Å². The van der Waals surface area contributed by atoms with Crippen LogP contribution in [0.1, 0.15) is 28.7 Å². The molecule has 2 aromatic rings. The summed E-state index contributed by atoms with van der Waals surface area (Å²) in [6.45, 7) is 4.40. The predicted octanol–water partition coefficient (Wildman–Crippen LogP) is 2.87. The van der Waals surface area contributed by atoms with Gasteiger partial charge in [0.1, 0.15) is 0 Å². The van der Waals surface area contributed by atoms with Crippen LogP contribution in [0.15, 0.2) is 29.2 Å². The van der Waals surface area contributed by atoms with Crippen molar-refractivity contribution >= 4 is 28.4 Å². The molecule has 0 spiro atoms. The van der Waals surface area contributed by atoms with Gasteiger partial charge < -0.3 is 5.11 Å². The van der Waals surface area contributed by atoms with Gasteiger partial charge in [-0.3, -0.25) is 8.89 Å². The number of benzene rings is 1. The van der Waals surface area contributed by atoms with Gasteiger partial charge in [-0.1, -0.05) is 11.6 Å². The Morgan fingerprint density at radius 3 is 2.52 bits per heavy atom. The van der Waals surface area contributed by atoms with Crippen molar-refractivity contribution in [2.75, 3.05) is 0 Å². The Hall–Kier alpha value is -1.66. The summed E-state index contributed by atoms with van der Waals surface area (Å²) in [5.74, 6) is -0.755. The number of carbonyl (C=O) groups is 1. The van der Waals surface area contributed by atoms with Crippen LogP contribution in [-0.4, -0.2) is 25.1 Å².